The third-order valence-electron chi connectivity index (χ3n) is 10.0. The van der Waals surface area contributed by atoms with Gasteiger partial charge >= 0.3 is 12.1 Å². The van der Waals surface area contributed by atoms with E-state index < -0.39 is 74.3 Å². The number of urea groups is 1. The van der Waals surface area contributed by atoms with Gasteiger partial charge in [0.2, 0.25) is 21.8 Å². The number of sulfonamides is 1. The second kappa shape index (κ2) is 13.9. The fourth-order valence-electron chi connectivity index (χ4n) is 7.10. The third kappa shape index (κ3) is 8.08. The first-order valence-electron chi connectivity index (χ1n) is 17.6. The number of fused-ring (bicyclic) bond motifs is 3. The molecule has 1 aromatic carbocycles. The zero-order valence-electron chi connectivity index (χ0n) is 28.9. The van der Waals surface area contributed by atoms with Crippen LogP contribution in [0.3, 0.4) is 0 Å². The van der Waals surface area contributed by atoms with E-state index in [-0.39, 0.29) is 25.4 Å². The maximum Gasteiger partial charge on any atom is 0.408 e. The van der Waals surface area contributed by atoms with Crippen LogP contribution in [0.2, 0.25) is 0 Å². The van der Waals surface area contributed by atoms with Gasteiger partial charge in [-0.1, -0.05) is 49.3 Å². The summed E-state index contributed by atoms with van der Waals surface area (Å²) in [6.45, 7) is 6.02. The zero-order chi connectivity index (χ0) is 35.8. The Bertz CT molecular complexity index is 1650. The average molecular weight is 713 g/mol. The second-order valence-electron chi connectivity index (χ2n) is 15.2. The summed E-state index contributed by atoms with van der Waals surface area (Å²) < 4.78 is 33.2. The normalized spacial score (nSPS) is 28.6. The van der Waals surface area contributed by atoms with E-state index >= 15 is 0 Å². The first-order chi connectivity index (χ1) is 23.6. The van der Waals surface area contributed by atoms with Gasteiger partial charge in [0.05, 0.1) is 11.3 Å². The molecule has 2 saturated carbocycles. The smallest absolute Gasteiger partial charge is 0.408 e. The van der Waals surface area contributed by atoms with Crippen LogP contribution in [-0.4, -0.2) is 89.1 Å². The lowest BCUT2D eigenvalue weighted by atomic mass is 10.0. The predicted molar refractivity (Wildman–Crippen MR) is 183 cm³/mol. The molecule has 0 aromatic heterocycles. The molecule has 0 unspecified atom stereocenters. The van der Waals surface area contributed by atoms with Crippen LogP contribution in [0, 0.1) is 5.92 Å². The van der Waals surface area contributed by atoms with E-state index in [2.05, 4.69) is 20.7 Å². The summed E-state index contributed by atoms with van der Waals surface area (Å²) in [6, 6.07) is 4.73. The van der Waals surface area contributed by atoms with Crippen molar-refractivity contribution < 1.29 is 37.1 Å². The van der Waals surface area contributed by atoms with Gasteiger partial charge in [-0.25, -0.2) is 18.0 Å². The van der Waals surface area contributed by atoms with E-state index in [0.29, 0.717) is 45.2 Å². The van der Waals surface area contributed by atoms with Crippen LogP contribution < -0.4 is 20.7 Å². The Labute approximate surface area is 293 Å². The average Bonchev–Trinajstić information content (AvgIpc) is 3.92. The molecule has 5 aliphatic rings. The Morgan fingerprint density at radius 3 is 2.34 bits per heavy atom. The number of carbonyl (C=O) groups is 5. The van der Waals surface area contributed by atoms with Gasteiger partial charge in [0.25, 0.3) is 5.91 Å². The number of nitrogens with one attached hydrogen (secondary N) is 4. The molecule has 3 aliphatic heterocycles. The SMILES string of the molecule is CC(C)(C)OC(=O)N[C@@H]1CCCCCC=C[C@@H]2C[C@@]2(C(=O)NS(=O)(=O)C2CC2)NC(=O)[C@@H]2C[C@@H](NC(=O)N3Cc4ccccc4C3)CN2C1=O. The molecule has 2 aliphatic carbocycles. The highest BCUT2D eigenvalue weighted by Gasteiger charge is 2.62. The molecule has 3 heterocycles. The number of amides is 6. The second-order valence-corrected chi connectivity index (χ2v) is 17.2. The minimum atomic E-state index is -3.88. The number of carbonyl (C=O) groups excluding carboxylic acids is 5. The molecule has 272 valence electrons. The summed E-state index contributed by atoms with van der Waals surface area (Å²) in [5, 5.41) is 7.93. The molecule has 6 rings (SSSR count). The molecule has 0 bridgehead atoms. The lowest BCUT2D eigenvalue weighted by Crippen LogP contribution is -2.58. The van der Waals surface area contributed by atoms with Gasteiger partial charge in [0.15, 0.2) is 0 Å². The van der Waals surface area contributed by atoms with Crippen molar-refractivity contribution in [3.63, 3.8) is 0 Å². The summed E-state index contributed by atoms with van der Waals surface area (Å²) in [5.74, 6) is -2.36. The van der Waals surface area contributed by atoms with Gasteiger partial charge < -0.3 is 30.5 Å². The quantitative estimate of drug-likeness (QED) is 0.336. The lowest BCUT2D eigenvalue weighted by Gasteiger charge is -2.30. The van der Waals surface area contributed by atoms with Crippen LogP contribution in [0.1, 0.15) is 89.7 Å². The zero-order valence-corrected chi connectivity index (χ0v) is 29.7. The van der Waals surface area contributed by atoms with Crippen LogP contribution in [-0.2, 0) is 42.2 Å². The Kier molecular flexibility index (Phi) is 9.90. The molecule has 5 atom stereocenters. The molecular formula is C35H48N6O8S. The molecule has 1 saturated heterocycles. The van der Waals surface area contributed by atoms with Gasteiger partial charge in [-0.2, -0.15) is 0 Å². The van der Waals surface area contributed by atoms with Crippen molar-refractivity contribution in [2.24, 2.45) is 5.92 Å². The van der Waals surface area contributed by atoms with E-state index in [1.165, 1.54) is 4.90 Å². The molecule has 14 nitrogen and oxygen atoms in total. The number of benzene rings is 1. The van der Waals surface area contributed by atoms with Crippen LogP contribution in [0.25, 0.3) is 0 Å². The van der Waals surface area contributed by atoms with Crippen LogP contribution >= 0.6 is 0 Å². The number of hydrogen-bond donors (Lipinski definition) is 4. The van der Waals surface area contributed by atoms with Crippen molar-refractivity contribution in [3.8, 4) is 0 Å². The van der Waals surface area contributed by atoms with Crippen LogP contribution in [0.4, 0.5) is 9.59 Å². The van der Waals surface area contributed by atoms with E-state index in [1.54, 1.807) is 25.7 Å². The maximum absolute atomic E-state index is 14.3. The van der Waals surface area contributed by atoms with Crippen molar-refractivity contribution in [2.45, 2.75) is 126 Å². The standard InChI is InChI=1S/C35H48N6O8S/c1-34(2,3)49-33(46)37-27-14-8-6-4-5-7-13-24-18-35(24,31(44)39-50(47,48)26-15-16-26)38-29(42)28-17-25(21-41(28)30(27)43)36-32(45)40-19-22-11-9-10-12-23(22)20-40/h7,9-13,24-28H,4-6,8,14-21H2,1-3H3,(H,36,45)(H,37,46)(H,38,42)(H,39,44)/t24-,25-,27-,28+,35-/m1/s1. The monoisotopic (exact) mass is 712 g/mol. The Morgan fingerprint density at radius 2 is 1.68 bits per heavy atom. The fourth-order valence-corrected chi connectivity index (χ4v) is 8.46. The van der Waals surface area contributed by atoms with Gasteiger partial charge in [0.1, 0.15) is 23.2 Å². The molecule has 15 heteroatoms. The molecule has 3 fully saturated rings. The van der Waals surface area contributed by atoms with Crippen molar-refractivity contribution >= 4 is 39.9 Å². The van der Waals surface area contributed by atoms with Gasteiger partial charge in [-0.3, -0.25) is 19.1 Å². The summed E-state index contributed by atoms with van der Waals surface area (Å²) >= 11 is 0. The number of nitrogens with zero attached hydrogens (tertiary/aromatic N) is 2. The van der Waals surface area contributed by atoms with Crippen molar-refractivity contribution in [1.82, 2.24) is 30.5 Å². The summed E-state index contributed by atoms with van der Waals surface area (Å²) in [7, 11) is -3.88. The highest BCUT2D eigenvalue weighted by molar-refractivity contribution is 7.91. The Morgan fingerprint density at radius 1 is 0.980 bits per heavy atom. The summed E-state index contributed by atoms with van der Waals surface area (Å²) in [6.07, 6.45) is 7.41. The molecule has 50 heavy (non-hydrogen) atoms. The lowest BCUT2D eigenvalue weighted by molar-refractivity contribution is -0.141. The predicted octanol–water partition coefficient (Wildman–Crippen LogP) is 2.58. The van der Waals surface area contributed by atoms with Crippen LogP contribution in [0.15, 0.2) is 36.4 Å². The van der Waals surface area contributed by atoms with Crippen molar-refractivity contribution in [3.05, 3.63) is 47.5 Å². The summed E-state index contributed by atoms with van der Waals surface area (Å²) in [4.78, 5) is 71.4. The Hall–Kier alpha value is -4.14. The van der Waals surface area contributed by atoms with Gasteiger partial charge in [-0.05, 0) is 76.8 Å². The van der Waals surface area contributed by atoms with Crippen molar-refractivity contribution in [2.75, 3.05) is 6.54 Å². The number of hydrogen-bond acceptors (Lipinski definition) is 8. The summed E-state index contributed by atoms with van der Waals surface area (Å²) in [5.41, 5.74) is -0.204. The highest BCUT2D eigenvalue weighted by atomic mass is 32.2. The fraction of sp³-hybridized carbons (Fsp3) is 0.629. The van der Waals surface area contributed by atoms with E-state index in [9.17, 15) is 32.4 Å². The first-order valence-corrected chi connectivity index (χ1v) is 19.2. The molecule has 0 spiro atoms. The van der Waals surface area contributed by atoms with Crippen LogP contribution in [0.5, 0.6) is 0 Å². The van der Waals surface area contributed by atoms with E-state index in [0.717, 1.165) is 24.0 Å². The topological polar surface area (TPSA) is 183 Å². The van der Waals surface area contributed by atoms with E-state index in [1.807, 2.05) is 36.4 Å². The van der Waals surface area contributed by atoms with E-state index in [4.69, 9.17) is 4.74 Å². The molecule has 4 N–H and O–H groups in total. The molecule has 1 aromatic rings. The number of alkyl carbamates (subject to hydrolysis) is 1. The third-order valence-corrected chi connectivity index (χ3v) is 11.8. The minimum Gasteiger partial charge on any atom is -0.444 e. The largest absolute Gasteiger partial charge is 0.444 e. The molecule has 0 radical (unpaired) electrons. The highest BCUT2D eigenvalue weighted by Crippen LogP contribution is 2.46. The number of ether oxygens (including phenoxy) is 1. The molecular weight excluding hydrogens is 664 g/mol. The van der Waals surface area contributed by atoms with Gasteiger partial charge in [0, 0.05) is 25.6 Å². The van der Waals surface area contributed by atoms with Crippen molar-refractivity contribution in [1.29, 1.82) is 0 Å². The number of rotatable bonds is 5. The maximum atomic E-state index is 14.3. The number of allylic oxidation sites excluding steroid dienone is 1. The minimum absolute atomic E-state index is 0.00542. The Balaban J connectivity index is 1.25. The molecule has 6 amide bonds. The van der Waals surface area contributed by atoms with Gasteiger partial charge in [-0.15, -0.1) is 0 Å². The first kappa shape index (κ1) is 35.7.